The van der Waals surface area contributed by atoms with Crippen LogP contribution in [-0.2, 0) is 9.59 Å². The largest absolute Gasteiger partial charge is 0.355 e. The fourth-order valence-corrected chi connectivity index (χ4v) is 3.09. The number of nitrogens with zero attached hydrogens (tertiary/aromatic N) is 1. The molecule has 23 heavy (non-hydrogen) atoms. The molecule has 0 aromatic heterocycles. The molecule has 4 amide bonds. The smallest absolute Gasteiger partial charge is 0.325 e. The average Bonchev–Trinajstić information content (AvgIpc) is 3.04. The molecule has 1 spiro atoms. The zero-order valence-corrected chi connectivity index (χ0v) is 14.5. The van der Waals surface area contributed by atoms with E-state index in [2.05, 4.69) is 22.9 Å². The summed E-state index contributed by atoms with van der Waals surface area (Å²) in [4.78, 5) is 37.3. The van der Waals surface area contributed by atoms with Gasteiger partial charge in [-0.2, -0.15) is 0 Å². The van der Waals surface area contributed by atoms with Gasteiger partial charge >= 0.3 is 6.03 Å². The van der Waals surface area contributed by atoms with Crippen LogP contribution in [0.3, 0.4) is 0 Å². The summed E-state index contributed by atoms with van der Waals surface area (Å²) in [7, 11) is 0. The van der Waals surface area contributed by atoms with Crippen LogP contribution in [0, 0.1) is 0 Å². The average molecular weight is 347 g/mol. The van der Waals surface area contributed by atoms with Gasteiger partial charge in [-0.25, -0.2) is 4.79 Å². The van der Waals surface area contributed by atoms with E-state index in [1.807, 2.05) is 0 Å². The van der Waals surface area contributed by atoms with Crippen LogP contribution < -0.4 is 16.0 Å². The van der Waals surface area contributed by atoms with Crippen molar-refractivity contribution in [1.29, 1.82) is 0 Å². The summed E-state index contributed by atoms with van der Waals surface area (Å²) in [6.07, 6.45) is 4.56. The van der Waals surface area contributed by atoms with Crippen molar-refractivity contribution in [3.63, 3.8) is 0 Å². The van der Waals surface area contributed by atoms with Gasteiger partial charge in [0.1, 0.15) is 5.54 Å². The summed E-state index contributed by atoms with van der Waals surface area (Å²) in [5, 5.41) is 8.79. The van der Waals surface area contributed by atoms with Crippen LogP contribution in [0.5, 0.6) is 0 Å². The molecule has 0 unspecified atom stereocenters. The van der Waals surface area contributed by atoms with Gasteiger partial charge in [0.05, 0.1) is 0 Å². The van der Waals surface area contributed by atoms with E-state index in [-0.39, 0.29) is 43.2 Å². The first kappa shape index (κ1) is 19.7. The van der Waals surface area contributed by atoms with Crippen LogP contribution in [0.4, 0.5) is 4.79 Å². The monoisotopic (exact) mass is 346 g/mol. The number of carbonyl (C=O) groups is 3. The summed E-state index contributed by atoms with van der Waals surface area (Å²) < 4.78 is 0. The highest BCUT2D eigenvalue weighted by atomic mass is 35.5. The predicted molar refractivity (Wildman–Crippen MR) is 89.5 cm³/mol. The van der Waals surface area contributed by atoms with E-state index >= 15 is 0 Å². The molecule has 8 heteroatoms. The van der Waals surface area contributed by atoms with Gasteiger partial charge in [0.15, 0.2) is 0 Å². The van der Waals surface area contributed by atoms with E-state index in [1.54, 1.807) is 0 Å². The summed E-state index contributed by atoms with van der Waals surface area (Å²) >= 11 is 0. The summed E-state index contributed by atoms with van der Waals surface area (Å²) in [6.45, 7) is 4.45. The number of hydrogen-bond acceptors (Lipinski definition) is 4. The van der Waals surface area contributed by atoms with E-state index in [9.17, 15) is 14.4 Å². The van der Waals surface area contributed by atoms with Crippen molar-refractivity contribution in [2.45, 2.75) is 51.0 Å². The highest BCUT2D eigenvalue weighted by molar-refractivity contribution is 6.07. The van der Waals surface area contributed by atoms with Crippen molar-refractivity contribution >= 4 is 30.3 Å². The van der Waals surface area contributed by atoms with Crippen LogP contribution in [-0.4, -0.2) is 54.5 Å². The maximum absolute atomic E-state index is 12.4. The molecule has 1 aliphatic heterocycles. The zero-order valence-electron chi connectivity index (χ0n) is 13.7. The number of imide groups is 1. The molecule has 0 atom stereocenters. The van der Waals surface area contributed by atoms with Crippen molar-refractivity contribution < 1.29 is 14.4 Å². The van der Waals surface area contributed by atoms with Gasteiger partial charge in [-0.15, -0.1) is 12.4 Å². The fourth-order valence-electron chi connectivity index (χ4n) is 3.09. The summed E-state index contributed by atoms with van der Waals surface area (Å²) in [6, 6.07) is -0.357. The molecular weight excluding hydrogens is 320 g/mol. The van der Waals surface area contributed by atoms with Crippen LogP contribution in [0.15, 0.2) is 0 Å². The van der Waals surface area contributed by atoms with Gasteiger partial charge in [-0.05, 0) is 25.8 Å². The molecule has 0 aromatic rings. The highest BCUT2D eigenvalue weighted by Crippen LogP contribution is 2.34. The maximum atomic E-state index is 12.4. The molecule has 0 radical (unpaired) electrons. The quantitative estimate of drug-likeness (QED) is 0.447. The van der Waals surface area contributed by atoms with E-state index in [1.165, 1.54) is 4.90 Å². The van der Waals surface area contributed by atoms with Crippen molar-refractivity contribution in [2.75, 3.05) is 26.2 Å². The Labute approximate surface area is 143 Å². The van der Waals surface area contributed by atoms with Crippen LogP contribution >= 0.6 is 12.4 Å². The second-order valence-electron chi connectivity index (χ2n) is 6.03. The molecule has 1 saturated heterocycles. The Morgan fingerprint density at radius 2 is 1.91 bits per heavy atom. The highest BCUT2D eigenvalue weighted by Gasteiger charge is 2.52. The lowest BCUT2D eigenvalue weighted by molar-refractivity contribution is -0.131. The lowest BCUT2D eigenvalue weighted by atomic mass is 9.98. The second-order valence-corrected chi connectivity index (χ2v) is 6.03. The SMILES string of the molecule is CCCNCCNC(=O)CCN1C(=O)NC2(CCCC2)C1=O.Cl. The molecular formula is C15H27ClN4O3. The molecule has 3 N–H and O–H groups in total. The standard InChI is InChI=1S/C15H26N4O3.ClH/c1-2-8-16-9-10-17-12(20)5-11-19-13(21)15(18-14(19)22)6-3-4-7-15;/h16H,2-11H2,1H3,(H,17,20)(H,18,22);1H. The van der Waals surface area contributed by atoms with Gasteiger partial charge in [0, 0.05) is 26.1 Å². The Kier molecular flexibility index (Phi) is 7.78. The molecule has 1 heterocycles. The lowest BCUT2D eigenvalue weighted by Gasteiger charge is -2.19. The first-order chi connectivity index (χ1) is 10.6. The Hall–Kier alpha value is -1.34. The molecule has 7 nitrogen and oxygen atoms in total. The van der Waals surface area contributed by atoms with Gasteiger partial charge in [0.2, 0.25) is 5.91 Å². The van der Waals surface area contributed by atoms with Gasteiger partial charge in [-0.1, -0.05) is 19.8 Å². The molecule has 0 aromatic carbocycles. The number of halogens is 1. The summed E-state index contributed by atoms with van der Waals surface area (Å²) in [5.74, 6) is -0.293. The maximum Gasteiger partial charge on any atom is 0.325 e. The van der Waals surface area contributed by atoms with Gasteiger partial charge < -0.3 is 16.0 Å². The van der Waals surface area contributed by atoms with Gasteiger partial charge in [0.25, 0.3) is 5.91 Å². The minimum absolute atomic E-state index is 0. The topological polar surface area (TPSA) is 90.5 Å². The minimum atomic E-state index is -0.683. The molecule has 1 aliphatic carbocycles. The first-order valence-electron chi connectivity index (χ1n) is 8.20. The third-order valence-electron chi connectivity index (χ3n) is 4.32. The fraction of sp³-hybridized carbons (Fsp3) is 0.800. The minimum Gasteiger partial charge on any atom is -0.355 e. The number of nitrogens with one attached hydrogen (secondary N) is 3. The van der Waals surface area contributed by atoms with Gasteiger partial charge in [-0.3, -0.25) is 14.5 Å². The Bertz CT molecular complexity index is 438. The van der Waals surface area contributed by atoms with Crippen molar-refractivity contribution in [3.05, 3.63) is 0 Å². The molecule has 132 valence electrons. The second kappa shape index (κ2) is 9.08. The number of hydrogen-bond donors (Lipinski definition) is 3. The third-order valence-corrected chi connectivity index (χ3v) is 4.32. The van der Waals surface area contributed by atoms with E-state index < -0.39 is 5.54 Å². The third kappa shape index (κ3) is 4.81. The van der Waals surface area contributed by atoms with Crippen LogP contribution in [0.2, 0.25) is 0 Å². The number of urea groups is 1. The Morgan fingerprint density at radius 1 is 1.22 bits per heavy atom. The number of rotatable bonds is 8. The van der Waals surface area contributed by atoms with Crippen LogP contribution in [0.25, 0.3) is 0 Å². The molecule has 2 aliphatic rings. The van der Waals surface area contributed by atoms with E-state index in [4.69, 9.17) is 0 Å². The van der Waals surface area contributed by atoms with Crippen molar-refractivity contribution in [2.24, 2.45) is 0 Å². The molecule has 2 fully saturated rings. The molecule has 0 bridgehead atoms. The number of amides is 4. The molecule has 1 saturated carbocycles. The molecule has 2 rings (SSSR count). The van der Waals surface area contributed by atoms with Crippen molar-refractivity contribution in [3.8, 4) is 0 Å². The summed E-state index contributed by atoms with van der Waals surface area (Å²) in [5.41, 5.74) is -0.683. The van der Waals surface area contributed by atoms with Crippen molar-refractivity contribution in [1.82, 2.24) is 20.9 Å². The lowest BCUT2D eigenvalue weighted by Crippen LogP contribution is -2.44. The number of carbonyl (C=O) groups excluding carboxylic acids is 3. The first-order valence-corrected chi connectivity index (χ1v) is 8.20. The van der Waals surface area contributed by atoms with Crippen LogP contribution in [0.1, 0.15) is 45.4 Å². The Morgan fingerprint density at radius 3 is 2.57 bits per heavy atom. The zero-order chi connectivity index (χ0) is 16.0. The van der Waals surface area contributed by atoms with E-state index in [0.29, 0.717) is 19.4 Å². The van der Waals surface area contributed by atoms with E-state index in [0.717, 1.165) is 32.4 Å². The predicted octanol–water partition coefficient (Wildman–Crippen LogP) is 0.779. The normalized spacial score (nSPS) is 18.9. The Balaban J connectivity index is 0.00000264.